The summed E-state index contributed by atoms with van der Waals surface area (Å²) in [4.78, 5) is 12.9. The number of anilines is 1. The summed E-state index contributed by atoms with van der Waals surface area (Å²) >= 11 is 7.59. The van der Waals surface area contributed by atoms with Crippen molar-refractivity contribution in [1.29, 1.82) is 0 Å². The number of amides is 2. The van der Waals surface area contributed by atoms with E-state index in [-0.39, 0.29) is 6.03 Å². The number of benzene rings is 1. The summed E-state index contributed by atoms with van der Waals surface area (Å²) in [5, 5.41) is 8.08. The zero-order valence-corrected chi connectivity index (χ0v) is 13.1. The van der Waals surface area contributed by atoms with Crippen LogP contribution >= 0.6 is 22.9 Å². The molecule has 1 aromatic carbocycles. The standard InChI is InChI=1S/C16H13ClN2O2S/c17-14-3-1-2-4-15(14)19-16(20)18-8-13-7-12(10-22-13)11-5-6-21-9-11/h1-7,9-10H,8H2,(H2,18,19,20). The summed E-state index contributed by atoms with van der Waals surface area (Å²) in [6.45, 7) is 0.457. The van der Waals surface area contributed by atoms with Gasteiger partial charge in [-0.25, -0.2) is 4.79 Å². The van der Waals surface area contributed by atoms with Crippen molar-refractivity contribution < 1.29 is 9.21 Å². The van der Waals surface area contributed by atoms with E-state index in [1.54, 1.807) is 36.0 Å². The van der Waals surface area contributed by atoms with Gasteiger partial charge in [0.05, 0.1) is 29.8 Å². The number of urea groups is 1. The van der Waals surface area contributed by atoms with Gasteiger partial charge in [0.1, 0.15) is 0 Å². The molecule has 4 nitrogen and oxygen atoms in total. The Kier molecular flexibility index (Phi) is 4.46. The van der Waals surface area contributed by atoms with Crippen LogP contribution in [0.2, 0.25) is 5.02 Å². The molecule has 0 fully saturated rings. The maximum absolute atomic E-state index is 11.9. The predicted octanol–water partition coefficient (Wildman–Crippen LogP) is 4.98. The molecule has 0 saturated heterocycles. The molecule has 0 bridgehead atoms. The number of para-hydroxylation sites is 1. The molecule has 2 N–H and O–H groups in total. The lowest BCUT2D eigenvalue weighted by atomic mass is 10.2. The smallest absolute Gasteiger partial charge is 0.319 e. The third-order valence-corrected chi connectivity index (χ3v) is 4.32. The Hall–Kier alpha value is -2.24. The van der Waals surface area contributed by atoms with E-state index in [4.69, 9.17) is 16.0 Å². The third-order valence-electron chi connectivity index (χ3n) is 3.05. The van der Waals surface area contributed by atoms with Gasteiger partial charge in [0, 0.05) is 10.4 Å². The number of hydrogen-bond donors (Lipinski definition) is 2. The van der Waals surface area contributed by atoms with Gasteiger partial charge in [0.2, 0.25) is 0 Å². The quantitative estimate of drug-likeness (QED) is 0.707. The van der Waals surface area contributed by atoms with Crippen LogP contribution in [0, 0.1) is 0 Å². The molecule has 3 aromatic rings. The van der Waals surface area contributed by atoms with Crippen LogP contribution < -0.4 is 10.6 Å². The second kappa shape index (κ2) is 6.68. The van der Waals surface area contributed by atoms with Gasteiger partial charge in [-0.15, -0.1) is 11.3 Å². The fourth-order valence-corrected chi connectivity index (χ4v) is 2.97. The Labute approximate surface area is 136 Å². The molecule has 0 unspecified atom stereocenters. The first-order chi connectivity index (χ1) is 10.7. The van der Waals surface area contributed by atoms with Gasteiger partial charge in [-0.3, -0.25) is 0 Å². The minimum atomic E-state index is -0.286. The minimum absolute atomic E-state index is 0.286. The number of furan rings is 1. The first-order valence-corrected chi connectivity index (χ1v) is 7.87. The SMILES string of the molecule is O=C(NCc1cc(-c2ccoc2)cs1)Nc1ccccc1Cl. The molecule has 0 aliphatic heterocycles. The average molecular weight is 333 g/mol. The number of rotatable bonds is 4. The second-order valence-electron chi connectivity index (χ2n) is 4.60. The van der Waals surface area contributed by atoms with Crippen LogP contribution in [0.5, 0.6) is 0 Å². The number of hydrogen-bond acceptors (Lipinski definition) is 3. The van der Waals surface area contributed by atoms with E-state index >= 15 is 0 Å². The molecule has 22 heavy (non-hydrogen) atoms. The summed E-state index contributed by atoms with van der Waals surface area (Å²) < 4.78 is 5.07. The first kappa shape index (κ1) is 14.7. The van der Waals surface area contributed by atoms with Crippen LogP contribution in [-0.2, 0) is 6.54 Å². The molecule has 2 heterocycles. The monoisotopic (exact) mass is 332 g/mol. The molecular weight excluding hydrogens is 320 g/mol. The van der Waals surface area contributed by atoms with Crippen LogP contribution in [0.1, 0.15) is 4.88 Å². The second-order valence-corrected chi connectivity index (χ2v) is 6.00. The molecular formula is C16H13ClN2O2S. The molecule has 0 atom stereocenters. The van der Waals surface area contributed by atoms with Crippen molar-refractivity contribution >= 4 is 34.7 Å². The van der Waals surface area contributed by atoms with E-state index in [2.05, 4.69) is 10.6 Å². The largest absolute Gasteiger partial charge is 0.472 e. The van der Waals surface area contributed by atoms with E-state index in [0.29, 0.717) is 17.3 Å². The van der Waals surface area contributed by atoms with Crippen LogP contribution in [0.3, 0.4) is 0 Å². The van der Waals surface area contributed by atoms with Gasteiger partial charge in [-0.2, -0.15) is 0 Å². The molecule has 0 aliphatic carbocycles. The van der Waals surface area contributed by atoms with Gasteiger partial charge in [0.15, 0.2) is 0 Å². The minimum Gasteiger partial charge on any atom is -0.472 e. The van der Waals surface area contributed by atoms with Gasteiger partial charge in [-0.05, 0) is 35.2 Å². The van der Waals surface area contributed by atoms with Gasteiger partial charge in [-0.1, -0.05) is 23.7 Å². The summed E-state index contributed by atoms with van der Waals surface area (Å²) in [5.41, 5.74) is 2.71. The van der Waals surface area contributed by atoms with E-state index in [1.807, 2.05) is 29.6 Å². The zero-order chi connectivity index (χ0) is 15.4. The number of thiophene rings is 1. The number of carbonyl (C=O) groups is 1. The Bertz CT molecular complexity index is 768. The maximum atomic E-state index is 11.9. The van der Waals surface area contributed by atoms with Crippen molar-refractivity contribution in [2.75, 3.05) is 5.32 Å². The topological polar surface area (TPSA) is 54.3 Å². The lowest BCUT2D eigenvalue weighted by molar-refractivity contribution is 0.252. The number of halogens is 1. The molecule has 0 saturated carbocycles. The average Bonchev–Trinajstić information content (AvgIpc) is 3.18. The fourth-order valence-electron chi connectivity index (χ4n) is 1.95. The molecule has 0 spiro atoms. The van der Waals surface area contributed by atoms with Gasteiger partial charge >= 0.3 is 6.03 Å². The van der Waals surface area contributed by atoms with Gasteiger partial charge in [0.25, 0.3) is 0 Å². The summed E-state index contributed by atoms with van der Waals surface area (Å²) in [5.74, 6) is 0. The highest BCUT2D eigenvalue weighted by Gasteiger charge is 2.07. The molecule has 6 heteroatoms. The van der Waals surface area contributed by atoms with Crippen molar-refractivity contribution in [3.63, 3.8) is 0 Å². The van der Waals surface area contributed by atoms with Crippen LogP contribution in [0.4, 0.5) is 10.5 Å². The Morgan fingerprint density at radius 3 is 2.86 bits per heavy atom. The van der Waals surface area contributed by atoms with E-state index < -0.39 is 0 Å². The fraction of sp³-hybridized carbons (Fsp3) is 0.0625. The highest BCUT2D eigenvalue weighted by Crippen LogP contribution is 2.26. The predicted molar refractivity (Wildman–Crippen MR) is 89.3 cm³/mol. The van der Waals surface area contributed by atoms with E-state index in [0.717, 1.165) is 16.0 Å². The summed E-state index contributed by atoms with van der Waals surface area (Å²) in [7, 11) is 0. The first-order valence-electron chi connectivity index (χ1n) is 6.62. The zero-order valence-electron chi connectivity index (χ0n) is 11.5. The van der Waals surface area contributed by atoms with Crippen molar-refractivity contribution in [3.05, 3.63) is 64.2 Å². The molecule has 2 amide bonds. The van der Waals surface area contributed by atoms with Gasteiger partial charge < -0.3 is 15.1 Å². The Morgan fingerprint density at radius 1 is 1.23 bits per heavy atom. The molecule has 0 aliphatic rings. The Balaban J connectivity index is 1.56. The summed E-state index contributed by atoms with van der Waals surface area (Å²) in [6, 6.07) is 10.8. The molecule has 3 rings (SSSR count). The normalized spacial score (nSPS) is 10.4. The summed E-state index contributed by atoms with van der Waals surface area (Å²) in [6.07, 6.45) is 3.34. The Morgan fingerprint density at radius 2 is 2.09 bits per heavy atom. The third kappa shape index (κ3) is 3.50. The van der Waals surface area contributed by atoms with Crippen molar-refractivity contribution in [2.45, 2.75) is 6.54 Å². The molecule has 2 aromatic heterocycles. The lowest BCUT2D eigenvalue weighted by Crippen LogP contribution is -2.27. The van der Waals surface area contributed by atoms with Crippen LogP contribution in [0.25, 0.3) is 11.1 Å². The highest BCUT2D eigenvalue weighted by molar-refractivity contribution is 7.10. The highest BCUT2D eigenvalue weighted by atomic mass is 35.5. The lowest BCUT2D eigenvalue weighted by Gasteiger charge is -2.07. The van der Waals surface area contributed by atoms with Crippen molar-refractivity contribution in [3.8, 4) is 11.1 Å². The molecule has 112 valence electrons. The number of nitrogens with one attached hydrogen (secondary N) is 2. The maximum Gasteiger partial charge on any atom is 0.319 e. The van der Waals surface area contributed by atoms with Crippen molar-refractivity contribution in [2.24, 2.45) is 0 Å². The number of carbonyl (C=O) groups excluding carboxylic acids is 1. The molecule has 0 radical (unpaired) electrons. The van der Waals surface area contributed by atoms with E-state index in [9.17, 15) is 4.79 Å². The van der Waals surface area contributed by atoms with Crippen LogP contribution in [0.15, 0.2) is 58.7 Å². The van der Waals surface area contributed by atoms with Crippen molar-refractivity contribution in [1.82, 2.24) is 5.32 Å². The van der Waals surface area contributed by atoms with E-state index in [1.165, 1.54) is 0 Å². The van der Waals surface area contributed by atoms with Crippen LogP contribution in [-0.4, -0.2) is 6.03 Å².